The average molecular weight is 361 g/mol. The Bertz CT molecular complexity index is 546. The van der Waals surface area contributed by atoms with E-state index in [2.05, 4.69) is 5.32 Å². The van der Waals surface area contributed by atoms with Gasteiger partial charge in [0.1, 0.15) is 0 Å². The summed E-state index contributed by atoms with van der Waals surface area (Å²) in [6.07, 6.45) is 1.19. The number of rotatable bonds is 5. The predicted molar refractivity (Wildman–Crippen MR) is 91.9 cm³/mol. The van der Waals surface area contributed by atoms with Crippen molar-refractivity contribution in [2.45, 2.75) is 32.4 Å². The van der Waals surface area contributed by atoms with Gasteiger partial charge in [0.2, 0.25) is 5.91 Å². The highest BCUT2D eigenvalue weighted by atomic mass is 35.5. The van der Waals surface area contributed by atoms with Gasteiger partial charge in [0.15, 0.2) is 0 Å². The molecule has 2 rings (SSSR count). The molecule has 1 heterocycles. The van der Waals surface area contributed by atoms with Gasteiger partial charge in [-0.05, 0) is 44.5 Å². The van der Waals surface area contributed by atoms with Crippen LogP contribution in [-0.4, -0.2) is 41.0 Å². The molecular weight excluding hydrogens is 339 g/mol. The monoisotopic (exact) mass is 360 g/mol. The van der Waals surface area contributed by atoms with Gasteiger partial charge < -0.3 is 10.4 Å². The van der Waals surface area contributed by atoms with Crippen LogP contribution in [0.4, 0.5) is 0 Å². The molecule has 23 heavy (non-hydrogen) atoms. The normalized spacial score (nSPS) is 17.1. The largest absolute Gasteiger partial charge is 0.481 e. The van der Waals surface area contributed by atoms with E-state index in [0.29, 0.717) is 37.5 Å². The van der Waals surface area contributed by atoms with Crippen molar-refractivity contribution in [1.82, 2.24) is 10.2 Å². The molecule has 0 radical (unpaired) electrons. The summed E-state index contributed by atoms with van der Waals surface area (Å²) >= 11 is 6.06. The van der Waals surface area contributed by atoms with Gasteiger partial charge in [0, 0.05) is 11.6 Å². The van der Waals surface area contributed by atoms with Crippen LogP contribution in [0.2, 0.25) is 5.02 Å². The fourth-order valence-corrected chi connectivity index (χ4v) is 2.87. The number of hydrogen-bond acceptors (Lipinski definition) is 3. The molecule has 0 aliphatic carbocycles. The second-order valence-electron chi connectivity index (χ2n) is 5.63. The van der Waals surface area contributed by atoms with Crippen molar-refractivity contribution in [3.8, 4) is 0 Å². The molecule has 1 aromatic rings. The van der Waals surface area contributed by atoms with Crippen molar-refractivity contribution in [1.29, 1.82) is 0 Å². The Balaban J connectivity index is 0.00000264. The van der Waals surface area contributed by atoms with Crippen molar-refractivity contribution in [3.05, 3.63) is 34.9 Å². The van der Waals surface area contributed by atoms with Gasteiger partial charge in [-0.3, -0.25) is 14.5 Å². The summed E-state index contributed by atoms with van der Waals surface area (Å²) in [4.78, 5) is 25.2. The smallest absolute Gasteiger partial charge is 0.306 e. The van der Waals surface area contributed by atoms with E-state index in [-0.39, 0.29) is 30.3 Å². The van der Waals surface area contributed by atoms with Crippen LogP contribution in [0.1, 0.15) is 25.3 Å². The fraction of sp³-hybridized carbons (Fsp3) is 0.500. The number of hydrogen-bond donors (Lipinski definition) is 2. The van der Waals surface area contributed by atoms with Gasteiger partial charge in [-0.15, -0.1) is 12.4 Å². The third-order valence-electron chi connectivity index (χ3n) is 4.22. The van der Waals surface area contributed by atoms with Gasteiger partial charge >= 0.3 is 5.97 Å². The van der Waals surface area contributed by atoms with Crippen molar-refractivity contribution < 1.29 is 14.7 Å². The Morgan fingerprint density at radius 1 is 1.35 bits per heavy atom. The van der Waals surface area contributed by atoms with Crippen LogP contribution in [0.5, 0.6) is 0 Å². The van der Waals surface area contributed by atoms with E-state index >= 15 is 0 Å². The molecule has 1 amide bonds. The lowest BCUT2D eigenvalue weighted by atomic mass is 9.96. The Kier molecular flexibility index (Phi) is 7.82. The molecule has 1 fully saturated rings. The number of piperidine rings is 1. The minimum absolute atomic E-state index is 0. The molecule has 0 bridgehead atoms. The first-order valence-corrected chi connectivity index (χ1v) is 7.85. The number of halogens is 2. The molecule has 1 unspecified atom stereocenters. The summed E-state index contributed by atoms with van der Waals surface area (Å²) in [6, 6.07) is 7.14. The summed E-state index contributed by atoms with van der Waals surface area (Å²) in [5.74, 6) is -1.08. The number of nitrogens with zero attached hydrogens (tertiary/aromatic N) is 1. The van der Waals surface area contributed by atoms with Crippen LogP contribution >= 0.6 is 24.0 Å². The zero-order chi connectivity index (χ0) is 16.1. The third-order valence-corrected chi connectivity index (χ3v) is 4.59. The highest BCUT2D eigenvalue weighted by Gasteiger charge is 2.29. The van der Waals surface area contributed by atoms with Gasteiger partial charge in [-0.1, -0.05) is 29.8 Å². The quantitative estimate of drug-likeness (QED) is 0.846. The average Bonchev–Trinajstić information content (AvgIpc) is 2.53. The maximum absolute atomic E-state index is 12.2. The van der Waals surface area contributed by atoms with Gasteiger partial charge in [-0.2, -0.15) is 0 Å². The number of carbonyl (C=O) groups excluding carboxylic acids is 1. The molecule has 0 spiro atoms. The molecule has 1 aromatic carbocycles. The van der Waals surface area contributed by atoms with E-state index in [1.165, 1.54) is 0 Å². The number of aliphatic carboxylic acids is 1. The summed E-state index contributed by atoms with van der Waals surface area (Å²) in [6.45, 7) is 3.52. The Hall–Kier alpha value is -1.30. The van der Waals surface area contributed by atoms with E-state index in [1.54, 1.807) is 6.07 Å². The first-order chi connectivity index (χ1) is 10.5. The predicted octanol–water partition coefficient (Wildman–Crippen LogP) is 2.56. The van der Waals surface area contributed by atoms with E-state index in [4.69, 9.17) is 16.7 Å². The van der Waals surface area contributed by atoms with E-state index in [1.807, 2.05) is 30.0 Å². The van der Waals surface area contributed by atoms with Crippen LogP contribution in [-0.2, 0) is 16.1 Å². The molecule has 1 aliphatic heterocycles. The van der Waals surface area contributed by atoms with Crippen molar-refractivity contribution in [3.63, 3.8) is 0 Å². The zero-order valence-corrected chi connectivity index (χ0v) is 14.6. The SMILES string of the molecule is CC(C(=O)NCc1ccccc1Cl)N1CCC(C(=O)O)CC1.Cl. The summed E-state index contributed by atoms with van der Waals surface area (Å²) in [5.41, 5.74) is 0.884. The minimum atomic E-state index is -0.740. The maximum Gasteiger partial charge on any atom is 0.306 e. The lowest BCUT2D eigenvalue weighted by Gasteiger charge is -2.33. The van der Waals surface area contributed by atoms with Crippen molar-refractivity contribution >= 4 is 35.9 Å². The Morgan fingerprint density at radius 2 is 1.96 bits per heavy atom. The van der Waals surface area contributed by atoms with Crippen molar-refractivity contribution in [2.75, 3.05) is 13.1 Å². The lowest BCUT2D eigenvalue weighted by Crippen LogP contribution is -2.48. The molecule has 1 atom stereocenters. The molecule has 7 heteroatoms. The first-order valence-electron chi connectivity index (χ1n) is 7.47. The number of amides is 1. The fourth-order valence-electron chi connectivity index (χ4n) is 2.67. The topological polar surface area (TPSA) is 69.6 Å². The molecular formula is C16H22Cl2N2O3. The molecule has 1 saturated heterocycles. The minimum Gasteiger partial charge on any atom is -0.481 e. The molecule has 5 nitrogen and oxygen atoms in total. The molecule has 0 saturated carbocycles. The summed E-state index contributed by atoms with van der Waals surface area (Å²) in [7, 11) is 0. The zero-order valence-electron chi connectivity index (χ0n) is 13.0. The number of likely N-dealkylation sites (tertiary alicyclic amines) is 1. The maximum atomic E-state index is 12.2. The Morgan fingerprint density at radius 3 is 2.52 bits per heavy atom. The third kappa shape index (κ3) is 5.37. The van der Waals surface area contributed by atoms with Gasteiger partial charge in [0.25, 0.3) is 0 Å². The van der Waals surface area contributed by atoms with Crippen LogP contribution in [0.25, 0.3) is 0 Å². The van der Waals surface area contributed by atoms with E-state index in [0.717, 1.165) is 5.56 Å². The number of carbonyl (C=O) groups is 2. The number of carboxylic acid groups (broad SMARTS) is 1. The standard InChI is InChI=1S/C16H21ClN2O3.ClH/c1-11(19-8-6-12(7-9-19)16(21)22)15(20)18-10-13-4-2-3-5-14(13)17;/h2-5,11-12H,6-10H2,1H3,(H,18,20)(H,21,22);1H. The van der Waals surface area contributed by atoms with Crippen molar-refractivity contribution in [2.24, 2.45) is 5.92 Å². The van der Waals surface area contributed by atoms with Crippen LogP contribution < -0.4 is 5.32 Å². The molecule has 128 valence electrons. The van der Waals surface area contributed by atoms with Gasteiger partial charge in [0.05, 0.1) is 12.0 Å². The lowest BCUT2D eigenvalue weighted by molar-refractivity contribution is -0.143. The molecule has 0 aromatic heterocycles. The van der Waals surface area contributed by atoms with Crippen LogP contribution in [0, 0.1) is 5.92 Å². The van der Waals surface area contributed by atoms with E-state index < -0.39 is 5.97 Å². The molecule has 1 aliphatic rings. The van der Waals surface area contributed by atoms with Crippen LogP contribution in [0.3, 0.4) is 0 Å². The number of benzene rings is 1. The highest BCUT2D eigenvalue weighted by Crippen LogP contribution is 2.19. The molecule has 2 N–H and O–H groups in total. The first kappa shape index (κ1) is 19.7. The van der Waals surface area contributed by atoms with E-state index in [9.17, 15) is 9.59 Å². The Labute approximate surface area is 147 Å². The van der Waals surface area contributed by atoms with Gasteiger partial charge in [-0.25, -0.2) is 0 Å². The highest BCUT2D eigenvalue weighted by molar-refractivity contribution is 6.31. The summed E-state index contributed by atoms with van der Waals surface area (Å²) in [5, 5.41) is 12.5. The number of nitrogens with one attached hydrogen (secondary N) is 1. The van der Waals surface area contributed by atoms with Crippen LogP contribution in [0.15, 0.2) is 24.3 Å². The second kappa shape index (κ2) is 9.11. The summed E-state index contributed by atoms with van der Waals surface area (Å²) < 4.78 is 0. The number of carboxylic acids is 1. The second-order valence-corrected chi connectivity index (χ2v) is 6.04.